The highest BCUT2D eigenvalue weighted by Gasteiger charge is 2.39. The van der Waals surface area contributed by atoms with E-state index < -0.39 is 18.0 Å². The van der Waals surface area contributed by atoms with Crippen LogP contribution in [0.1, 0.15) is 32.4 Å². The molecule has 0 saturated heterocycles. The third-order valence-electron chi connectivity index (χ3n) is 4.50. The first-order chi connectivity index (χ1) is 12.9. The normalized spacial score (nSPS) is 13.9. The van der Waals surface area contributed by atoms with Crippen LogP contribution in [0.3, 0.4) is 0 Å². The molecule has 1 aromatic heterocycles. The van der Waals surface area contributed by atoms with Crippen LogP contribution in [0.4, 0.5) is 17.6 Å². The van der Waals surface area contributed by atoms with Gasteiger partial charge < -0.3 is 10.3 Å². The van der Waals surface area contributed by atoms with E-state index in [1.54, 1.807) is 28.8 Å². The molecule has 0 aliphatic rings. The number of hydrogen-bond donors (Lipinski definition) is 1. The second-order valence-electron chi connectivity index (χ2n) is 8.12. The van der Waals surface area contributed by atoms with E-state index in [2.05, 4.69) is 0 Å². The van der Waals surface area contributed by atoms with Crippen LogP contribution in [0.2, 0.25) is 5.02 Å². The third-order valence-corrected chi connectivity index (χ3v) is 4.81. The fraction of sp³-hybridized carbons (Fsp3) is 0.333. The summed E-state index contributed by atoms with van der Waals surface area (Å²) in [7, 11) is 0. The van der Waals surface area contributed by atoms with Gasteiger partial charge in [-0.1, -0.05) is 50.6 Å². The zero-order valence-electron chi connectivity index (χ0n) is 15.7. The van der Waals surface area contributed by atoms with Gasteiger partial charge in [0.2, 0.25) is 0 Å². The molecule has 2 nitrogen and oxygen atoms in total. The van der Waals surface area contributed by atoms with Gasteiger partial charge in [0.05, 0.1) is 5.02 Å². The van der Waals surface area contributed by atoms with Gasteiger partial charge in [-0.2, -0.15) is 13.2 Å². The lowest BCUT2D eigenvalue weighted by Crippen LogP contribution is -2.28. The van der Waals surface area contributed by atoms with Gasteiger partial charge in [-0.25, -0.2) is 4.39 Å². The summed E-state index contributed by atoms with van der Waals surface area (Å²) in [6.45, 7) is 6.43. The molecule has 150 valence electrons. The van der Waals surface area contributed by atoms with Crippen LogP contribution < -0.4 is 5.73 Å². The number of hydrogen-bond acceptors (Lipinski definition) is 1. The minimum Gasteiger partial charge on any atom is -0.347 e. The van der Waals surface area contributed by atoms with E-state index in [9.17, 15) is 17.6 Å². The summed E-state index contributed by atoms with van der Waals surface area (Å²) in [6, 6.07) is 7.06. The van der Waals surface area contributed by atoms with Crippen molar-refractivity contribution in [3.8, 4) is 11.1 Å². The predicted molar refractivity (Wildman–Crippen MR) is 105 cm³/mol. The van der Waals surface area contributed by atoms with Crippen molar-refractivity contribution in [2.24, 2.45) is 11.1 Å². The monoisotopic (exact) mass is 412 g/mol. The zero-order chi connectivity index (χ0) is 20.9. The van der Waals surface area contributed by atoms with Crippen molar-refractivity contribution in [3.05, 3.63) is 59.0 Å². The van der Waals surface area contributed by atoms with Gasteiger partial charge in [0.15, 0.2) is 0 Å². The molecule has 0 aliphatic heterocycles. The Balaban J connectivity index is 2.25. The summed E-state index contributed by atoms with van der Waals surface area (Å²) in [5.74, 6) is -0.493. The standard InChI is InChI=1S/C21H21ClF4N2/c1-20(2,3)11-28-10-14(19(27)21(24,25)26)13-8-7-12(9-17(13)28)18-15(22)5-4-6-16(18)23/h4-10,19H,11,27H2,1-3H3/t19-/m0/s1. The Morgan fingerprint density at radius 2 is 1.79 bits per heavy atom. The molecule has 7 heteroatoms. The van der Waals surface area contributed by atoms with Gasteiger partial charge in [0.1, 0.15) is 11.9 Å². The summed E-state index contributed by atoms with van der Waals surface area (Å²) < 4.78 is 55.9. The zero-order valence-corrected chi connectivity index (χ0v) is 16.5. The summed E-state index contributed by atoms with van der Waals surface area (Å²) in [6.07, 6.45) is -3.12. The topological polar surface area (TPSA) is 30.9 Å². The molecule has 0 radical (unpaired) electrons. The van der Waals surface area contributed by atoms with E-state index >= 15 is 0 Å². The van der Waals surface area contributed by atoms with Crippen LogP contribution in [-0.4, -0.2) is 10.7 Å². The Hall–Kier alpha value is -2.05. The number of nitrogens with zero attached hydrogens (tertiary/aromatic N) is 1. The first-order valence-corrected chi connectivity index (χ1v) is 9.16. The van der Waals surface area contributed by atoms with Crippen LogP contribution >= 0.6 is 11.6 Å². The molecule has 0 spiro atoms. The number of aromatic nitrogens is 1. The molecule has 0 fully saturated rings. The van der Waals surface area contributed by atoms with Gasteiger partial charge in [0, 0.05) is 34.8 Å². The predicted octanol–water partition coefficient (Wildman–Crippen LogP) is 6.71. The first-order valence-electron chi connectivity index (χ1n) is 8.78. The smallest absolute Gasteiger partial charge is 0.347 e. The second kappa shape index (κ2) is 7.08. The Kier molecular flexibility index (Phi) is 5.23. The fourth-order valence-corrected chi connectivity index (χ4v) is 3.59. The molecule has 1 atom stereocenters. The van der Waals surface area contributed by atoms with Crippen molar-refractivity contribution in [2.75, 3.05) is 0 Å². The fourth-order valence-electron chi connectivity index (χ4n) is 3.32. The average Bonchev–Trinajstić information content (AvgIpc) is 2.89. The Morgan fingerprint density at radius 3 is 2.36 bits per heavy atom. The van der Waals surface area contributed by atoms with Crippen molar-refractivity contribution in [2.45, 2.75) is 39.5 Å². The Labute approximate surface area is 165 Å². The highest BCUT2D eigenvalue weighted by molar-refractivity contribution is 6.33. The van der Waals surface area contributed by atoms with E-state index in [-0.39, 0.29) is 21.6 Å². The number of rotatable bonds is 3. The van der Waals surface area contributed by atoms with E-state index in [1.165, 1.54) is 18.3 Å². The van der Waals surface area contributed by atoms with E-state index in [4.69, 9.17) is 17.3 Å². The van der Waals surface area contributed by atoms with Gasteiger partial charge >= 0.3 is 6.18 Å². The minimum absolute atomic E-state index is 0.00192. The SMILES string of the molecule is CC(C)(C)Cn1cc([C@H](N)C(F)(F)F)c2ccc(-c3c(F)cccc3Cl)cc21. The maximum absolute atomic E-state index is 14.3. The molecular formula is C21H21ClF4N2. The lowest BCUT2D eigenvalue weighted by Gasteiger charge is -2.20. The Morgan fingerprint density at radius 1 is 1.11 bits per heavy atom. The minimum atomic E-state index is -4.56. The summed E-state index contributed by atoms with van der Waals surface area (Å²) >= 11 is 6.16. The molecular weight excluding hydrogens is 392 g/mol. The number of fused-ring (bicyclic) bond motifs is 1. The Bertz CT molecular complexity index is 995. The average molecular weight is 413 g/mol. The molecule has 0 amide bonds. The van der Waals surface area contributed by atoms with E-state index in [0.29, 0.717) is 23.0 Å². The molecule has 0 bridgehead atoms. The van der Waals surface area contributed by atoms with Gasteiger partial charge in [-0.3, -0.25) is 0 Å². The van der Waals surface area contributed by atoms with Gasteiger partial charge in [0.25, 0.3) is 0 Å². The molecule has 3 rings (SSSR count). The van der Waals surface area contributed by atoms with Crippen LogP contribution in [0, 0.1) is 11.2 Å². The molecule has 0 unspecified atom stereocenters. The maximum Gasteiger partial charge on any atom is 0.407 e. The number of alkyl halides is 3. The van der Waals surface area contributed by atoms with Crippen molar-refractivity contribution in [1.29, 1.82) is 0 Å². The van der Waals surface area contributed by atoms with Crippen LogP contribution in [0.15, 0.2) is 42.6 Å². The lowest BCUT2D eigenvalue weighted by atomic mass is 9.96. The van der Waals surface area contributed by atoms with Gasteiger partial charge in [-0.05, 0) is 29.2 Å². The third kappa shape index (κ3) is 4.03. The van der Waals surface area contributed by atoms with Crippen LogP contribution in [0.25, 0.3) is 22.0 Å². The molecule has 1 heterocycles. The van der Waals surface area contributed by atoms with Crippen molar-refractivity contribution < 1.29 is 17.6 Å². The van der Waals surface area contributed by atoms with Gasteiger partial charge in [-0.15, -0.1) is 0 Å². The quantitative estimate of drug-likeness (QED) is 0.476. The number of halogens is 5. The molecule has 3 aromatic rings. The molecule has 2 aromatic carbocycles. The van der Waals surface area contributed by atoms with Crippen molar-refractivity contribution in [1.82, 2.24) is 4.57 Å². The van der Waals surface area contributed by atoms with Crippen LogP contribution in [-0.2, 0) is 6.54 Å². The van der Waals surface area contributed by atoms with Crippen molar-refractivity contribution in [3.63, 3.8) is 0 Å². The molecule has 0 saturated carbocycles. The molecule has 0 aliphatic carbocycles. The first kappa shape index (κ1) is 20.7. The van der Waals surface area contributed by atoms with Crippen molar-refractivity contribution >= 4 is 22.5 Å². The molecule has 28 heavy (non-hydrogen) atoms. The highest BCUT2D eigenvalue weighted by Crippen LogP contribution is 2.39. The summed E-state index contributed by atoms with van der Waals surface area (Å²) in [5, 5.41) is 0.630. The highest BCUT2D eigenvalue weighted by atomic mass is 35.5. The number of benzene rings is 2. The summed E-state index contributed by atoms with van der Waals surface area (Å²) in [5.41, 5.74) is 6.58. The van der Waals surface area contributed by atoms with E-state index in [1.807, 2.05) is 20.8 Å². The second-order valence-corrected chi connectivity index (χ2v) is 8.53. The van der Waals surface area contributed by atoms with Crippen LogP contribution in [0.5, 0.6) is 0 Å². The van der Waals surface area contributed by atoms with E-state index in [0.717, 1.165) is 0 Å². The number of nitrogens with two attached hydrogens (primary N) is 1. The summed E-state index contributed by atoms with van der Waals surface area (Å²) in [4.78, 5) is 0. The maximum atomic E-state index is 14.3. The lowest BCUT2D eigenvalue weighted by molar-refractivity contribution is -0.148. The molecule has 2 N–H and O–H groups in total. The largest absolute Gasteiger partial charge is 0.407 e.